The topological polar surface area (TPSA) is 72.3 Å². The number of amides is 1. The van der Waals surface area contributed by atoms with Gasteiger partial charge < -0.3 is 19.5 Å². The Balaban J connectivity index is 1.47. The van der Waals surface area contributed by atoms with Crippen molar-refractivity contribution in [3.63, 3.8) is 0 Å². The van der Waals surface area contributed by atoms with Crippen LogP contribution in [0.5, 0.6) is 5.75 Å². The Labute approximate surface area is 173 Å². The van der Waals surface area contributed by atoms with Gasteiger partial charge in [-0.3, -0.25) is 4.79 Å². The largest absolute Gasteiger partial charge is 0.490 e. The second kappa shape index (κ2) is 9.39. The molecule has 1 aromatic carbocycles. The zero-order valence-corrected chi connectivity index (χ0v) is 18.0. The summed E-state index contributed by atoms with van der Waals surface area (Å²) in [7, 11) is 1.89. The summed E-state index contributed by atoms with van der Waals surface area (Å²) in [4.78, 5) is 15.0. The van der Waals surface area contributed by atoms with Crippen LogP contribution in [0.15, 0.2) is 30.6 Å². The molecule has 0 saturated carbocycles. The average Bonchev–Trinajstić information content (AvgIpc) is 3.07. The fourth-order valence-electron chi connectivity index (χ4n) is 3.68. The van der Waals surface area contributed by atoms with Gasteiger partial charge in [-0.1, -0.05) is 26.8 Å². The molecule has 1 aliphatic rings. The number of nitrogens with zero attached hydrogens (tertiary/aromatic N) is 4. The van der Waals surface area contributed by atoms with Crippen LogP contribution in [0.1, 0.15) is 49.8 Å². The molecule has 1 N–H and O–H groups in total. The Morgan fingerprint density at radius 1 is 1.28 bits per heavy atom. The van der Waals surface area contributed by atoms with Crippen molar-refractivity contribution in [3.8, 4) is 5.75 Å². The standard InChI is InChI=1S/C22H33N5O2/c1-22(2,3)15-27-12-9-18(10-13-27)29-19-7-5-6-17(14-19)21(28)23-11-8-20-25-24-16-26(20)4/h5-7,14,16,18H,8-13,15H2,1-4H3,(H,23,28). The molecular formula is C22H33N5O2. The van der Waals surface area contributed by atoms with E-state index in [1.807, 2.05) is 35.9 Å². The first-order valence-electron chi connectivity index (χ1n) is 10.4. The van der Waals surface area contributed by atoms with Gasteiger partial charge in [-0.25, -0.2) is 0 Å². The number of ether oxygens (including phenoxy) is 1. The molecule has 29 heavy (non-hydrogen) atoms. The summed E-state index contributed by atoms with van der Waals surface area (Å²) in [5, 5.41) is 10.8. The van der Waals surface area contributed by atoms with Crippen LogP contribution in [0.25, 0.3) is 0 Å². The maximum atomic E-state index is 12.5. The highest BCUT2D eigenvalue weighted by atomic mass is 16.5. The molecule has 0 spiro atoms. The first kappa shape index (κ1) is 21.3. The first-order chi connectivity index (χ1) is 13.8. The average molecular weight is 400 g/mol. The lowest BCUT2D eigenvalue weighted by atomic mass is 9.94. The van der Waals surface area contributed by atoms with E-state index in [9.17, 15) is 4.79 Å². The Bertz CT molecular complexity index is 804. The van der Waals surface area contributed by atoms with E-state index in [2.05, 4.69) is 41.2 Å². The monoisotopic (exact) mass is 399 g/mol. The molecule has 1 amide bonds. The van der Waals surface area contributed by atoms with Crippen LogP contribution >= 0.6 is 0 Å². The number of rotatable bonds is 7. The minimum Gasteiger partial charge on any atom is -0.490 e. The number of carbonyl (C=O) groups is 1. The number of piperidine rings is 1. The lowest BCUT2D eigenvalue weighted by molar-refractivity contribution is 0.0808. The van der Waals surface area contributed by atoms with Crippen LogP contribution in [0.2, 0.25) is 0 Å². The van der Waals surface area contributed by atoms with E-state index in [0.717, 1.165) is 44.0 Å². The SMILES string of the molecule is Cn1cnnc1CCNC(=O)c1cccc(OC2CCN(CC(C)(C)C)CC2)c1. The van der Waals surface area contributed by atoms with E-state index in [4.69, 9.17) is 4.74 Å². The van der Waals surface area contributed by atoms with Crippen LogP contribution in [0.4, 0.5) is 0 Å². The molecule has 2 heterocycles. The molecule has 7 nitrogen and oxygen atoms in total. The molecule has 1 aromatic heterocycles. The zero-order valence-electron chi connectivity index (χ0n) is 18.0. The molecule has 0 unspecified atom stereocenters. The van der Waals surface area contributed by atoms with Crippen molar-refractivity contribution in [1.29, 1.82) is 0 Å². The number of nitrogens with one attached hydrogen (secondary N) is 1. The Morgan fingerprint density at radius 3 is 2.69 bits per heavy atom. The van der Waals surface area contributed by atoms with Crippen molar-refractivity contribution in [2.75, 3.05) is 26.2 Å². The first-order valence-corrected chi connectivity index (χ1v) is 10.4. The van der Waals surface area contributed by atoms with Gasteiger partial charge in [0, 0.05) is 45.2 Å². The summed E-state index contributed by atoms with van der Waals surface area (Å²) in [6.45, 7) is 10.6. The molecule has 0 bridgehead atoms. The van der Waals surface area contributed by atoms with Gasteiger partial charge in [0.1, 0.15) is 24.0 Å². The molecule has 0 aliphatic carbocycles. The van der Waals surface area contributed by atoms with E-state index < -0.39 is 0 Å². The van der Waals surface area contributed by atoms with Crippen LogP contribution < -0.4 is 10.1 Å². The molecule has 0 atom stereocenters. The minimum absolute atomic E-state index is 0.0994. The highest BCUT2D eigenvalue weighted by Crippen LogP contribution is 2.23. The van der Waals surface area contributed by atoms with E-state index in [0.29, 0.717) is 23.9 Å². The van der Waals surface area contributed by atoms with E-state index in [1.165, 1.54) is 0 Å². The predicted octanol–water partition coefficient (Wildman–Crippen LogP) is 2.68. The van der Waals surface area contributed by atoms with Gasteiger partial charge in [-0.2, -0.15) is 0 Å². The lowest BCUT2D eigenvalue weighted by Gasteiger charge is -2.36. The van der Waals surface area contributed by atoms with Crippen LogP contribution in [0, 0.1) is 5.41 Å². The zero-order chi connectivity index (χ0) is 20.9. The minimum atomic E-state index is -0.0994. The van der Waals surface area contributed by atoms with Crippen LogP contribution in [-0.4, -0.2) is 57.9 Å². The Morgan fingerprint density at radius 2 is 2.03 bits per heavy atom. The second-order valence-electron chi connectivity index (χ2n) is 9.05. The molecule has 2 aromatic rings. The van der Waals surface area contributed by atoms with Crippen LogP contribution in [0.3, 0.4) is 0 Å². The fraction of sp³-hybridized carbons (Fsp3) is 0.591. The van der Waals surface area contributed by atoms with Gasteiger partial charge in [0.2, 0.25) is 0 Å². The van der Waals surface area contributed by atoms with E-state index in [-0.39, 0.29) is 12.0 Å². The molecule has 3 rings (SSSR count). The van der Waals surface area contributed by atoms with Gasteiger partial charge in [0.25, 0.3) is 5.91 Å². The number of hydrogen-bond donors (Lipinski definition) is 1. The lowest BCUT2D eigenvalue weighted by Crippen LogP contribution is -2.42. The van der Waals surface area contributed by atoms with E-state index in [1.54, 1.807) is 6.33 Å². The summed E-state index contributed by atoms with van der Waals surface area (Å²) < 4.78 is 8.03. The molecule has 1 saturated heterocycles. The molecule has 1 aliphatic heterocycles. The molecule has 158 valence electrons. The highest BCUT2D eigenvalue weighted by molar-refractivity contribution is 5.94. The normalized spacial score (nSPS) is 16.0. The smallest absolute Gasteiger partial charge is 0.251 e. The summed E-state index contributed by atoms with van der Waals surface area (Å²) in [6, 6.07) is 7.45. The summed E-state index contributed by atoms with van der Waals surface area (Å²) in [5.41, 5.74) is 0.938. The van der Waals surface area contributed by atoms with Crippen molar-refractivity contribution in [2.45, 2.75) is 46.1 Å². The number of hydrogen-bond acceptors (Lipinski definition) is 5. The summed E-state index contributed by atoms with van der Waals surface area (Å²) in [6.07, 6.45) is 4.55. The quantitative estimate of drug-likeness (QED) is 0.775. The number of benzene rings is 1. The second-order valence-corrected chi connectivity index (χ2v) is 9.05. The number of carbonyl (C=O) groups excluding carboxylic acids is 1. The van der Waals surface area contributed by atoms with Gasteiger partial charge in [0.05, 0.1) is 0 Å². The molecule has 7 heteroatoms. The molecular weight excluding hydrogens is 366 g/mol. The number of aryl methyl sites for hydroxylation is 1. The maximum absolute atomic E-state index is 12.5. The molecule has 1 fully saturated rings. The van der Waals surface area contributed by atoms with Crippen molar-refractivity contribution < 1.29 is 9.53 Å². The van der Waals surface area contributed by atoms with Gasteiger partial charge in [-0.15, -0.1) is 10.2 Å². The third-order valence-corrected chi connectivity index (χ3v) is 5.07. The number of likely N-dealkylation sites (tertiary alicyclic amines) is 1. The third kappa shape index (κ3) is 6.56. The Hall–Kier alpha value is -2.41. The van der Waals surface area contributed by atoms with Crippen molar-refractivity contribution >= 4 is 5.91 Å². The fourth-order valence-corrected chi connectivity index (χ4v) is 3.68. The summed E-state index contributed by atoms with van der Waals surface area (Å²) in [5.74, 6) is 1.51. The van der Waals surface area contributed by atoms with Crippen molar-refractivity contribution in [1.82, 2.24) is 25.0 Å². The molecule has 0 radical (unpaired) electrons. The predicted molar refractivity (Wildman–Crippen MR) is 113 cm³/mol. The van der Waals surface area contributed by atoms with E-state index >= 15 is 0 Å². The van der Waals surface area contributed by atoms with Crippen molar-refractivity contribution in [3.05, 3.63) is 42.0 Å². The van der Waals surface area contributed by atoms with Gasteiger partial charge in [0.15, 0.2) is 0 Å². The van der Waals surface area contributed by atoms with Crippen molar-refractivity contribution in [2.24, 2.45) is 12.5 Å². The van der Waals surface area contributed by atoms with Crippen LogP contribution in [-0.2, 0) is 13.5 Å². The maximum Gasteiger partial charge on any atom is 0.251 e. The van der Waals surface area contributed by atoms with Gasteiger partial charge in [-0.05, 0) is 36.5 Å². The highest BCUT2D eigenvalue weighted by Gasteiger charge is 2.24. The number of aromatic nitrogens is 3. The van der Waals surface area contributed by atoms with Gasteiger partial charge >= 0.3 is 0 Å². The Kier molecular flexibility index (Phi) is 6.90. The summed E-state index contributed by atoms with van der Waals surface area (Å²) >= 11 is 0. The third-order valence-electron chi connectivity index (χ3n) is 5.07.